The van der Waals surface area contributed by atoms with Crippen molar-refractivity contribution in [2.75, 3.05) is 5.32 Å². The standard InChI is InChI=1S/C24H19N3/c1-16(23-14-18-7-2-4-11-21(18)26-23)25-20-10-6-9-17(13-20)24-15-19-8-3-5-12-22(19)27-24/h2-15,25-27H,1H2. The Labute approximate surface area is 157 Å². The molecule has 0 atom stereocenters. The Morgan fingerprint density at radius 1 is 0.704 bits per heavy atom. The van der Waals surface area contributed by atoms with Crippen molar-refractivity contribution in [3.63, 3.8) is 0 Å². The maximum absolute atomic E-state index is 4.20. The van der Waals surface area contributed by atoms with Gasteiger partial charge in [0.15, 0.2) is 0 Å². The molecule has 3 nitrogen and oxygen atoms in total. The maximum Gasteiger partial charge on any atom is 0.0624 e. The molecule has 0 bridgehead atoms. The van der Waals surface area contributed by atoms with Crippen molar-refractivity contribution in [2.24, 2.45) is 0 Å². The highest BCUT2D eigenvalue weighted by Crippen LogP contribution is 2.27. The molecule has 0 aliphatic rings. The number of hydrogen-bond acceptors (Lipinski definition) is 1. The Hall–Kier alpha value is -3.72. The highest BCUT2D eigenvalue weighted by molar-refractivity contribution is 5.88. The molecule has 0 saturated carbocycles. The monoisotopic (exact) mass is 349 g/mol. The van der Waals surface area contributed by atoms with E-state index in [0.29, 0.717) is 0 Å². The predicted octanol–water partition coefficient (Wildman–Crippen LogP) is 6.40. The Bertz CT molecular complexity index is 1210. The summed E-state index contributed by atoms with van der Waals surface area (Å²) in [5, 5.41) is 5.82. The number of H-pyrrole nitrogens is 2. The molecule has 0 saturated heterocycles. The van der Waals surface area contributed by atoms with Crippen LogP contribution < -0.4 is 5.32 Å². The number of fused-ring (bicyclic) bond motifs is 2. The van der Waals surface area contributed by atoms with E-state index in [2.05, 4.69) is 88.6 Å². The van der Waals surface area contributed by atoms with Crippen LogP contribution in [0.15, 0.2) is 91.5 Å². The summed E-state index contributed by atoms with van der Waals surface area (Å²) in [7, 11) is 0. The zero-order valence-corrected chi connectivity index (χ0v) is 14.8. The number of anilines is 1. The van der Waals surface area contributed by atoms with E-state index >= 15 is 0 Å². The molecule has 0 spiro atoms. The first-order valence-corrected chi connectivity index (χ1v) is 8.98. The number of hydrogen-bond donors (Lipinski definition) is 3. The van der Waals surface area contributed by atoms with E-state index < -0.39 is 0 Å². The van der Waals surface area contributed by atoms with Crippen LogP contribution in [-0.2, 0) is 0 Å². The molecule has 2 aromatic heterocycles. The molecule has 27 heavy (non-hydrogen) atoms. The summed E-state index contributed by atoms with van der Waals surface area (Å²) in [6.45, 7) is 4.20. The van der Waals surface area contributed by atoms with Gasteiger partial charge < -0.3 is 15.3 Å². The number of aromatic amines is 2. The average molecular weight is 349 g/mol. The molecule has 3 heteroatoms. The van der Waals surface area contributed by atoms with Crippen LogP contribution in [0.2, 0.25) is 0 Å². The molecule has 0 aliphatic heterocycles. The second kappa shape index (κ2) is 6.22. The molecular formula is C24H19N3. The summed E-state index contributed by atoms with van der Waals surface area (Å²) < 4.78 is 0. The van der Waals surface area contributed by atoms with E-state index in [1.165, 1.54) is 10.8 Å². The summed E-state index contributed by atoms with van der Waals surface area (Å²) in [5.74, 6) is 0. The van der Waals surface area contributed by atoms with Gasteiger partial charge in [-0.05, 0) is 36.4 Å². The number of aromatic nitrogens is 2. The van der Waals surface area contributed by atoms with Crippen molar-refractivity contribution in [1.29, 1.82) is 0 Å². The lowest BCUT2D eigenvalue weighted by atomic mass is 10.1. The molecule has 5 rings (SSSR count). The minimum absolute atomic E-state index is 0.847. The number of para-hydroxylation sites is 2. The SMILES string of the molecule is C=C(Nc1cccc(-c2cc3ccccc3[nH]2)c1)c1cc2ccccc2[nH]1. The highest BCUT2D eigenvalue weighted by atomic mass is 14.9. The lowest BCUT2D eigenvalue weighted by Crippen LogP contribution is -1.97. The van der Waals surface area contributed by atoms with Gasteiger partial charge in [-0.15, -0.1) is 0 Å². The summed E-state index contributed by atoms with van der Waals surface area (Å²) in [6, 6.07) is 29.2. The molecule has 130 valence electrons. The summed E-state index contributed by atoms with van der Waals surface area (Å²) >= 11 is 0. The van der Waals surface area contributed by atoms with E-state index in [1.54, 1.807) is 0 Å². The van der Waals surface area contributed by atoms with Crippen LogP contribution in [0.1, 0.15) is 5.69 Å². The molecule has 0 fully saturated rings. The molecule has 5 aromatic rings. The Kier molecular flexibility index (Phi) is 3.58. The van der Waals surface area contributed by atoms with E-state index in [4.69, 9.17) is 0 Å². The van der Waals surface area contributed by atoms with Gasteiger partial charge in [0.25, 0.3) is 0 Å². The molecule has 0 unspecified atom stereocenters. The van der Waals surface area contributed by atoms with E-state index in [9.17, 15) is 0 Å². The fraction of sp³-hybridized carbons (Fsp3) is 0. The van der Waals surface area contributed by atoms with E-state index in [-0.39, 0.29) is 0 Å². The van der Waals surface area contributed by atoms with Crippen LogP contribution in [0.3, 0.4) is 0 Å². The van der Waals surface area contributed by atoms with Gasteiger partial charge in [-0.3, -0.25) is 0 Å². The fourth-order valence-corrected chi connectivity index (χ4v) is 3.47. The minimum atomic E-state index is 0.847. The summed E-state index contributed by atoms with van der Waals surface area (Å²) in [4.78, 5) is 6.90. The zero-order valence-electron chi connectivity index (χ0n) is 14.8. The number of benzene rings is 3. The molecule has 3 N–H and O–H groups in total. The lowest BCUT2D eigenvalue weighted by Gasteiger charge is -2.09. The van der Waals surface area contributed by atoms with Crippen molar-refractivity contribution in [1.82, 2.24) is 9.97 Å². The minimum Gasteiger partial charge on any atom is -0.355 e. The first kappa shape index (κ1) is 15.5. The van der Waals surface area contributed by atoms with Crippen molar-refractivity contribution in [3.8, 4) is 11.3 Å². The molecule has 0 aliphatic carbocycles. The fourth-order valence-electron chi connectivity index (χ4n) is 3.47. The van der Waals surface area contributed by atoms with Gasteiger partial charge in [-0.25, -0.2) is 0 Å². The molecule has 2 heterocycles. The van der Waals surface area contributed by atoms with Gasteiger partial charge in [0, 0.05) is 38.8 Å². The predicted molar refractivity (Wildman–Crippen MR) is 115 cm³/mol. The maximum atomic E-state index is 4.20. The number of rotatable bonds is 4. The summed E-state index contributed by atoms with van der Waals surface area (Å²) in [6.07, 6.45) is 0. The van der Waals surface area contributed by atoms with Crippen molar-refractivity contribution in [3.05, 3.63) is 97.2 Å². The summed E-state index contributed by atoms with van der Waals surface area (Å²) in [5.41, 5.74) is 7.36. The van der Waals surface area contributed by atoms with Crippen LogP contribution in [-0.4, -0.2) is 9.97 Å². The second-order valence-electron chi connectivity index (χ2n) is 6.72. The third-order valence-corrected chi connectivity index (χ3v) is 4.85. The number of nitrogens with one attached hydrogen (secondary N) is 3. The van der Waals surface area contributed by atoms with Gasteiger partial charge >= 0.3 is 0 Å². The Morgan fingerprint density at radius 3 is 2.15 bits per heavy atom. The van der Waals surface area contributed by atoms with Crippen LogP contribution >= 0.6 is 0 Å². The molecule has 0 radical (unpaired) electrons. The molecule has 3 aromatic carbocycles. The van der Waals surface area contributed by atoms with Crippen molar-refractivity contribution < 1.29 is 0 Å². The van der Waals surface area contributed by atoms with Gasteiger partial charge in [-0.1, -0.05) is 55.1 Å². The van der Waals surface area contributed by atoms with E-state index in [1.807, 2.05) is 18.2 Å². The van der Waals surface area contributed by atoms with Gasteiger partial charge in [0.2, 0.25) is 0 Å². The lowest BCUT2D eigenvalue weighted by molar-refractivity contribution is 1.38. The van der Waals surface area contributed by atoms with Crippen molar-refractivity contribution in [2.45, 2.75) is 0 Å². The zero-order chi connectivity index (χ0) is 18.2. The van der Waals surface area contributed by atoms with Gasteiger partial charge in [0.1, 0.15) is 0 Å². The van der Waals surface area contributed by atoms with Gasteiger partial charge in [-0.2, -0.15) is 0 Å². The van der Waals surface area contributed by atoms with Crippen LogP contribution in [0.5, 0.6) is 0 Å². The van der Waals surface area contributed by atoms with Crippen molar-refractivity contribution >= 4 is 33.2 Å². The van der Waals surface area contributed by atoms with Crippen LogP contribution in [0, 0.1) is 0 Å². The van der Waals surface area contributed by atoms with Crippen LogP contribution in [0.4, 0.5) is 5.69 Å². The first-order chi connectivity index (χ1) is 13.3. The topological polar surface area (TPSA) is 43.6 Å². The highest BCUT2D eigenvalue weighted by Gasteiger charge is 2.07. The normalized spacial score (nSPS) is 11.1. The third kappa shape index (κ3) is 2.89. The first-order valence-electron chi connectivity index (χ1n) is 8.98. The Morgan fingerprint density at radius 2 is 1.41 bits per heavy atom. The quantitative estimate of drug-likeness (QED) is 0.345. The average Bonchev–Trinajstić information content (AvgIpc) is 3.32. The Balaban J connectivity index is 1.43. The smallest absolute Gasteiger partial charge is 0.0624 e. The van der Waals surface area contributed by atoms with Gasteiger partial charge in [0.05, 0.1) is 11.4 Å². The second-order valence-corrected chi connectivity index (χ2v) is 6.72. The van der Waals surface area contributed by atoms with Crippen LogP contribution in [0.25, 0.3) is 38.8 Å². The molecular weight excluding hydrogens is 330 g/mol. The van der Waals surface area contributed by atoms with E-state index in [0.717, 1.165) is 39.4 Å². The molecule has 0 amide bonds. The largest absolute Gasteiger partial charge is 0.355 e. The third-order valence-electron chi connectivity index (χ3n) is 4.85.